The van der Waals surface area contributed by atoms with Crippen molar-refractivity contribution in [2.45, 2.75) is 19.6 Å². The van der Waals surface area contributed by atoms with Crippen LogP contribution in [0.15, 0.2) is 10.3 Å². The number of oxime groups is 2. The van der Waals surface area contributed by atoms with Gasteiger partial charge in [0.1, 0.15) is 12.8 Å². The summed E-state index contributed by atoms with van der Waals surface area (Å²) in [5, 5.41) is 15.4. The van der Waals surface area contributed by atoms with Gasteiger partial charge in [0.15, 0.2) is 5.71 Å². The monoisotopic (exact) mass is 202 g/mol. The van der Waals surface area contributed by atoms with E-state index >= 15 is 0 Å². The molecule has 0 aromatic heterocycles. The first-order chi connectivity index (χ1) is 6.64. The molecule has 0 atom stereocenters. The van der Waals surface area contributed by atoms with Crippen LogP contribution in [-0.2, 0) is 14.3 Å². The molecule has 1 aliphatic rings. The molecule has 6 nitrogen and oxygen atoms in total. The summed E-state index contributed by atoms with van der Waals surface area (Å²) in [6, 6.07) is 0. The van der Waals surface area contributed by atoms with Gasteiger partial charge in [0.2, 0.25) is 5.79 Å². The molecule has 0 amide bonds. The lowest BCUT2D eigenvalue weighted by Gasteiger charge is -2.22. The van der Waals surface area contributed by atoms with Crippen LogP contribution in [0.1, 0.15) is 13.8 Å². The molecule has 1 saturated heterocycles. The molecule has 0 radical (unpaired) electrons. The maximum Gasteiger partial charge on any atom is 0.214 e. The minimum atomic E-state index is -0.980. The minimum Gasteiger partial charge on any atom is -0.411 e. The van der Waals surface area contributed by atoms with Gasteiger partial charge in [-0.15, -0.1) is 0 Å². The predicted molar refractivity (Wildman–Crippen MR) is 49.6 cm³/mol. The summed E-state index contributed by atoms with van der Waals surface area (Å²) >= 11 is 0. The lowest BCUT2D eigenvalue weighted by Crippen LogP contribution is -2.40. The fourth-order valence-electron chi connectivity index (χ4n) is 1.27. The van der Waals surface area contributed by atoms with Crippen molar-refractivity contribution in [1.82, 2.24) is 0 Å². The van der Waals surface area contributed by atoms with Crippen molar-refractivity contribution < 1.29 is 19.5 Å². The van der Waals surface area contributed by atoms with E-state index in [4.69, 9.17) is 14.7 Å². The van der Waals surface area contributed by atoms with Crippen LogP contribution in [0.4, 0.5) is 0 Å². The Labute approximate surface area is 82.1 Å². The van der Waals surface area contributed by atoms with Gasteiger partial charge in [-0.1, -0.05) is 10.3 Å². The Balaban J connectivity index is 2.93. The molecule has 80 valence electrons. The van der Waals surface area contributed by atoms with Gasteiger partial charge in [-0.25, -0.2) is 0 Å². The molecule has 6 heteroatoms. The topological polar surface area (TPSA) is 72.6 Å². The van der Waals surface area contributed by atoms with Crippen molar-refractivity contribution in [3.63, 3.8) is 0 Å². The van der Waals surface area contributed by atoms with Crippen LogP contribution in [0.2, 0.25) is 0 Å². The fraction of sp³-hybridized carbons (Fsp3) is 0.750. The molecule has 0 saturated carbocycles. The molecule has 0 aliphatic carbocycles. The smallest absolute Gasteiger partial charge is 0.214 e. The fourth-order valence-corrected chi connectivity index (χ4v) is 1.27. The van der Waals surface area contributed by atoms with E-state index in [-0.39, 0.29) is 0 Å². The van der Waals surface area contributed by atoms with E-state index in [1.807, 2.05) is 0 Å². The maximum atomic E-state index is 8.65. The lowest BCUT2D eigenvalue weighted by molar-refractivity contribution is -0.0820. The molecule has 1 heterocycles. The summed E-state index contributed by atoms with van der Waals surface area (Å²) in [4.78, 5) is 4.64. The highest BCUT2D eigenvalue weighted by molar-refractivity contribution is 6.43. The minimum absolute atomic E-state index is 0.302. The third-order valence-corrected chi connectivity index (χ3v) is 1.94. The molecule has 1 fully saturated rings. The van der Waals surface area contributed by atoms with E-state index in [2.05, 4.69) is 15.1 Å². The van der Waals surface area contributed by atoms with Gasteiger partial charge in [-0.05, 0) is 13.8 Å². The Morgan fingerprint density at radius 3 is 2.43 bits per heavy atom. The standard InChI is InChI=1S/C8H14N2O4/c1-6(9-11)7(10-12-3)8(2)13-4-5-14-8/h11H,4-5H2,1-3H3. The molecule has 0 spiro atoms. The maximum absolute atomic E-state index is 8.65. The molecular formula is C8H14N2O4. The third kappa shape index (κ3) is 2.02. The van der Waals surface area contributed by atoms with Crippen molar-refractivity contribution >= 4 is 11.4 Å². The van der Waals surface area contributed by atoms with Crippen molar-refractivity contribution in [2.24, 2.45) is 10.3 Å². The summed E-state index contributed by atoms with van der Waals surface area (Å²) in [7, 11) is 1.41. The second-order valence-electron chi connectivity index (χ2n) is 2.95. The molecule has 1 rings (SSSR count). The second-order valence-corrected chi connectivity index (χ2v) is 2.95. The summed E-state index contributed by atoms with van der Waals surface area (Å²) in [5.41, 5.74) is 0.635. The molecule has 14 heavy (non-hydrogen) atoms. The van der Waals surface area contributed by atoms with E-state index in [9.17, 15) is 0 Å². The highest BCUT2D eigenvalue weighted by Crippen LogP contribution is 2.21. The van der Waals surface area contributed by atoms with Crippen LogP contribution in [-0.4, -0.2) is 42.7 Å². The molecule has 1 aliphatic heterocycles. The first kappa shape index (κ1) is 10.9. The van der Waals surface area contributed by atoms with E-state index in [0.29, 0.717) is 24.6 Å². The number of rotatable bonds is 3. The normalized spacial score (nSPS) is 22.5. The average Bonchev–Trinajstić information content (AvgIpc) is 2.61. The van der Waals surface area contributed by atoms with Gasteiger partial charge in [0.05, 0.1) is 13.2 Å². The Morgan fingerprint density at radius 1 is 1.43 bits per heavy atom. The Kier molecular flexibility index (Phi) is 3.43. The average molecular weight is 202 g/mol. The Bertz CT molecular complexity index is 256. The van der Waals surface area contributed by atoms with Gasteiger partial charge in [0, 0.05) is 0 Å². The molecular weight excluding hydrogens is 188 g/mol. The van der Waals surface area contributed by atoms with Crippen molar-refractivity contribution in [2.75, 3.05) is 20.3 Å². The van der Waals surface area contributed by atoms with Crippen molar-refractivity contribution in [3.05, 3.63) is 0 Å². The largest absolute Gasteiger partial charge is 0.411 e. The highest BCUT2D eigenvalue weighted by Gasteiger charge is 2.39. The lowest BCUT2D eigenvalue weighted by atomic mass is 10.1. The van der Waals surface area contributed by atoms with Crippen LogP contribution in [0.25, 0.3) is 0 Å². The number of hydrogen-bond acceptors (Lipinski definition) is 6. The van der Waals surface area contributed by atoms with Gasteiger partial charge >= 0.3 is 0 Å². The van der Waals surface area contributed by atoms with Crippen LogP contribution in [0.3, 0.4) is 0 Å². The van der Waals surface area contributed by atoms with Crippen LogP contribution in [0.5, 0.6) is 0 Å². The van der Waals surface area contributed by atoms with E-state index in [1.165, 1.54) is 7.11 Å². The Morgan fingerprint density at radius 2 is 2.00 bits per heavy atom. The molecule has 0 aromatic rings. The zero-order valence-corrected chi connectivity index (χ0v) is 8.48. The van der Waals surface area contributed by atoms with Crippen LogP contribution < -0.4 is 0 Å². The van der Waals surface area contributed by atoms with Crippen LogP contribution in [0, 0.1) is 0 Å². The molecule has 0 aromatic carbocycles. The number of hydrogen-bond donors (Lipinski definition) is 1. The van der Waals surface area contributed by atoms with E-state index in [1.54, 1.807) is 13.8 Å². The first-order valence-electron chi connectivity index (χ1n) is 4.22. The SMILES string of the molecule is CON=C(C(C)=NO)C1(C)OCCO1. The summed E-state index contributed by atoms with van der Waals surface area (Å²) < 4.78 is 10.7. The van der Waals surface area contributed by atoms with E-state index < -0.39 is 5.79 Å². The molecule has 1 N–H and O–H groups in total. The number of ether oxygens (including phenoxy) is 2. The zero-order valence-electron chi connectivity index (χ0n) is 8.48. The zero-order chi connectivity index (χ0) is 10.6. The first-order valence-corrected chi connectivity index (χ1v) is 4.22. The quantitative estimate of drug-likeness (QED) is 0.413. The molecule has 0 unspecified atom stereocenters. The van der Waals surface area contributed by atoms with Gasteiger partial charge < -0.3 is 19.5 Å². The highest BCUT2D eigenvalue weighted by atomic mass is 16.7. The van der Waals surface area contributed by atoms with Gasteiger partial charge in [-0.2, -0.15) is 0 Å². The second kappa shape index (κ2) is 4.39. The summed E-state index contributed by atoms with van der Waals surface area (Å²) in [6.07, 6.45) is 0. The summed E-state index contributed by atoms with van der Waals surface area (Å²) in [6.45, 7) is 4.26. The van der Waals surface area contributed by atoms with Gasteiger partial charge in [-0.3, -0.25) is 0 Å². The van der Waals surface area contributed by atoms with E-state index in [0.717, 1.165) is 0 Å². The molecule has 0 bridgehead atoms. The predicted octanol–water partition coefficient (Wildman–Crippen LogP) is 0.602. The van der Waals surface area contributed by atoms with Crippen molar-refractivity contribution in [3.8, 4) is 0 Å². The van der Waals surface area contributed by atoms with Gasteiger partial charge in [0.25, 0.3) is 0 Å². The Hall–Kier alpha value is -1.14. The van der Waals surface area contributed by atoms with Crippen LogP contribution >= 0.6 is 0 Å². The number of nitrogens with zero attached hydrogens (tertiary/aromatic N) is 2. The van der Waals surface area contributed by atoms with Crippen molar-refractivity contribution in [1.29, 1.82) is 0 Å². The third-order valence-electron chi connectivity index (χ3n) is 1.94. The summed E-state index contributed by atoms with van der Waals surface area (Å²) in [5.74, 6) is -0.980.